The van der Waals surface area contributed by atoms with Gasteiger partial charge in [0.15, 0.2) is 0 Å². The second-order valence-electron chi connectivity index (χ2n) is 4.70. The number of hydrogen-bond donors (Lipinski definition) is 2. The molecule has 0 aliphatic rings. The maximum Gasteiger partial charge on any atom is 0.337 e. The number of anilines is 1. The summed E-state index contributed by atoms with van der Waals surface area (Å²) in [5.74, 6) is -0.0307. The van der Waals surface area contributed by atoms with Crippen LogP contribution >= 0.6 is 0 Å². The Balaban J connectivity index is 2.58. The van der Waals surface area contributed by atoms with Crippen molar-refractivity contribution in [2.45, 2.75) is 26.8 Å². The number of urea groups is 1. The number of benzene rings is 1. The van der Waals surface area contributed by atoms with Crippen molar-refractivity contribution in [3.63, 3.8) is 0 Å². The molecule has 5 nitrogen and oxygen atoms in total. The highest BCUT2D eigenvalue weighted by molar-refractivity contribution is 5.92. The lowest BCUT2D eigenvalue weighted by Crippen LogP contribution is -2.38. The van der Waals surface area contributed by atoms with Gasteiger partial charge >= 0.3 is 12.0 Å². The van der Waals surface area contributed by atoms with Gasteiger partial charge in [-0.25, -0.2) is 9.59 Å². The van der Waals surface area contributed by atoms with Gasteiger partial charge in [-0.3, -0.25) is 0 Å². The van der Waals surface area contributed by atoms with Gasteiger partial charge in [-0.1, -0.05) is 13.8 Å². The van der Waals surface area contributed by atoms with Gasteiger partial charge in [0.1, 0.15) is 0 Å². The molecule has 0 saturated heterocycles. The van der Waals surface area contributed by atoms with E-state index in [1.807, 2.05) is 20.8 Å². The van der Waals surface area contributed by atoms with Crippen LogP contribution < -0.4 is 10.6 Å². The Kier molecular flexibility index (Phi) is 5.36. The molecule has 0 aliphatic carbocycles. The number of amides is 2. The summed E-state index contributed by atoms with van der Waals surface area (Å²) in [6, 6.07) is 6.36. The van der Waals surface area contributed by atoms with Crippen LogP contribution in [0.4, 0.5) is 10.5 Å². The lowest BCUT2D eigenvalue weighted by Gasteiger charge is -2.17. The second-order valence-corrected chi connectivity index (χ2v) is 4.70. The summed E-state index contributed by atoms with van der Waals surface area (Å²) < 4.78 is 4.60. The molecule has 1 unspecified atom stereocenters. The highest BCUT2D eigenvalue weighted by Gasteiger charge is 2.11. The topological polar surface area (TPSA) is 67.4 Å². The Bertz CT molecular complexity index is 441. The summed E-state index contributed by atoms with van der Waals surface area (Å²) >= 11 is 0. The van der Waals surface area contributed by atoms with Gasteiger partial charge in [0.25, 0.3) is 0 Å². The standard InChI is InChI=1S/C14H20N2O3/c1-9(2)10(3)15-14(18)16-12-7-5-11(6-8-12)13(17)19-4/h5-10H,1-4H3,(H2,15,16,18). The maximum absolute atomic E-state index is 11.7. The number of esters is 1. The molecule has 0 aliphatic heterocycles. The third-order valence-electron chi connectivity index (χ3n) is 2.92. The molecule has 0 saturated carbocycles. The van der Waals surface area contributed by atoms with Crippen LogP contribution in [0.2, 0.25) is 0 Å². The molecular weight excluding hydrogens is 244 g/mol. The maximum atomic E-state index is 11.7. The van der Waals surface area contributed by atoms with Crippen LogP contribution in [-0.2, 0) is 4.74 Å². The number of carbonyl (C=O) groups is 2. The van der Waals surface area contributed by atoms with E-state index in [0.29, 0.717) is 17.2 Å². The first-order valence-corrected chi connectivity index (χ1v) is 6.20. The van der Waals surface area contributed by atoms with Crippen molar-refractivity contribution < 1.29 is 14.3 Å². The van der Waals surface area contributed by atoms with Crippen molar-refractivity contribution in [1.29, 1.82) is 0 Å². The Morgan fingerprint density at radius 1 is 1.11 bits per heavy atom. The molecule has 2 N–H and O–H groups in total. The fourth-order valence-corrected chi connectivity index (χ4v) is 1.35. The largest absolute Gasteiger partial charge is 0.465 e. The van der Waals surface area contributed by atoms with Crippen LogP contribution in [-0.4, -0.2) is 25.2 Å². The minimum Gasteiger partial charge on any atom is -0.465 e. The summed E-state index contributed by atoms with van der Waals surface area (Å²) in [6.07, 6.45) is 0. The first kappa shape index (κ1) is 15.0. The fourth-order valence-electron chi connectivity index (χ4n) is 1.35. The number of carbonyl (C=O) groups excluding carboxylic acids is 2. The quantitative estimate of drug-likeness (QED) is 0.821. The summed E-state index contributed by atoms with van der Waals surface area (Å²) in [5, 5.41) is 5.54. The van der Waals surface area contributed by atoms with Crippen molar-refractivity contribution in [2.75, 3.05) is 12.4 Å². The van der Waals surface area contributed by atoms with E-state index >= 15 is 0 Å². The van der Waals surface area contributed by atoms with Gasteiger partial charge < -0.3 is 15.4 Å². The molecule has 0 fully saturated rings. The summed E-state index contributed by atoms with van der Waals surface area (Å²) in [7, 11) is 1.33. The van der Waals surface area contributed by atoms with Gasteiger partial charge in [-0.2, -0.15) is 0 Å². The zero-order valence-electron chi connectivity index (χ0n) is 11.7. The molecule has 19 heavy (non-hydrogen) atoms. The molecule has 0 bridgehead atoms. The predicted molar refractivity (Wildman–Crippen MR) is 74.2 cm³/mol. The monoisotopic (exact) mass is 264 g/mol. The molecule has 0 aromatic heterocycles. The van der Waals surface area contributed by atoms with Crippen molar-refractivity contribution in [3.05, 3.63) is 29.8 Å². The van der Waals surface area contributed by atoms with Gasteiger partial charge in [-0.15, -0.1) is 0 Å². The predicted octanol–water partition coefficient (Wildman–Crippen LogP) is 2.64. The summed E-state index contributed by atoms with van der Waals surface area (Å²) in [4.78, 5) is 22.9. The van der Waals surface area contributed by atoms with E-state index in [-0.39, 0.29) is 12.1 Å². The fraction of sp³-hybridized carbons (Fsp3) is 0.429. The zero-order chi connectivity index (χ0) is 14.4. The van der Waals surface area contributed by atoms with Crippen LogP contribution in [0, 0.1) is 5.92 Å². The average molecular weight is 264 g/mol. The van der Waals surface area contributed by atoms with Crippen LogP contribution in [0.3, 0.4) is 0 Å². The van der Waals surface area contributed by atoms with Crippen molar-refractivity contribution in [2.24, 2.45) is 5.92 Å². The Morgan fingerprint density at radius 2 is 1.68 bits per heavy atom. The highest BCUT2D eigenvalue weighted by Crippen LogP contribution is 2.10. The van der Waals surface area contributed by atoms with E-state index in [0.717, 1.165) is 0 Å². The van der Waals surface area contributed by atoms with Gasteiger partial charge in [0.2, 0.25) is 0 Å². The number of rotatable bonds is 4. The minimum atomic E-state index is -0.399. The smallest absolute Gasteiger partial charge is 0.337 e. The van der Waals surface area contributed by atoms with E-state index in [9.17, 15) is 9.59 Å². The van der Waals surface area contributed by atoms with Crippen LogP contribution in [0.25, 0.3) is 0 Å². The molecule has 5 heteroatoms. The number of hydrogen-bond acceptors (Lipinski definition) is 3. The number of ether oxygens (including phenoxy) is 1. The van der Waals surface area contributed by atoms with E-state index in [1.165, 1.54) is 7.11 Å². The molecule has 0 heterocycles. The molecule has 1 rings (SSSR count). The number of methoxy groups -OCH3 is 1. The van der Waals surface area contributed by atoms with E-state index in [1.54, 1.807) is 24.3 Å². The second kappa shape index (κ2) is 6.78. The molecule has 1 aromatic carbocycles. The number of nitrogens with one attached hydrogen (secondary N) is 2. The minimum absolute atomic E-state index is 0.0920. The van der Waals surface area contributed by atoms with E-state index in [4.69, 9.17) is 0 Å². The van der Waals surface area contributed by atoms with E-state index in [2.05, 4.69) is 15.4 Å². The van der Waals surface area contributed by atoms with Crippen LogP contribution in [0.15, 0.2) is 24.3 Å². The molecule has 0 spiro atoms. The van der Waals surface area contributed by atoms with Crippen LogP contribution in [0.1, 0.15) is 31.1 Å². The molecule has 1 atom stereocenters. The molecule has 2 amide bonds. The van der Waals surface area contributed by atoms with Gasteiger partial charge in [0.05, 0.1) is 12.7 Å². The molecular formula is C14H20N2O3. The van der Waals surface area contributed by atoms with Gasteiger partial charge in [-0.05, 0) is 37.1 Å². The average Bonchev–Trinajstić information content (AvgIpc) is 2.38. The highest BCUT2D eigenvalue weighted by atomic mass is 16.5. The Morgan fingerprint density at radius 3 is 2.16 bits per heavy atom. The SMILES string of the molecule is COC(=O)c1ccc(NC(=O)NC(C)C(C)C)cc1. The van der Waals surface area contributed by atoms with Gasteiger partial charge in [0, 0.05) is 11.7 Å². The first-order valence-electron chi connectivity index (χ1n) is 6.20. The lowest BCUT2D eigenvalue weighted by molar-refractivity contribution is 0.0601. The zero-order valence-corrected chi connectivity index (χ0v) is 11.7. The van der Waals surface area contributed by atoms with Crippen LogP contribution in [0.5, 0.6) is 0 Å². The summed E-state index contributed by atoms with van der Waals surface area (Å²) in [5.41, 5.74) is 1.07. The first-order chi connectivity index (χ1) is 8.93. The normalized spacial score (nSPS) is 11.8. The molecule has 1 aromatic rings. The third kappa shape index (κ3) is 4.62. The Hall–Kier alpha value is -2.04. The third-order valence-corrected chi connectivity index (χ3v) is 2.92. The van der Waals surface area contributed by atoms with Crippen molar-refractivity contribution in [3.8, 4) is 0 Å². The lowest BCUT2D eigenvalue weighted by atomic mass is 10.1. The Labute approximate surface area is 113 Å². The van der Waals surface area contributed by atoms with Crippen molar-refractivity contribution >= 4 is 17.7 Å². The molecule has 0 radical (unpaired) electrons. The summed E-state index contributed by atoms with van der Waals surface area (Å²) in [6.45, 7) is 6.02. The van der Waals surface area contributed by atoms with E-state index < -0.39 is 5.97 Å². The van der Waals surface area contributed by atoms with Crippen molar-refractivity contribution in [1.82, 2.24) is 5.32 Å². The molecule has 104 valence electrons.